The summed E-state index contributed by atoms with van der Waals surface area (Å²) in [6.45, 7) is 10.2. The zero-order chi connectivity index (χ0) is 10.6. The van der Waals surface area contributed by atoms with Crippen molar-refractivity contribution >= 4 is 17.3 Å². The number of thiocarbonyl (C=S) groups is 1. The molecule has 1 aliphatic heterocycles. The summed E-state index contributed by atoms with van der Waals surface area (Å²) in [7, 11) is 0. The number of rotatable bonds is 2. The first kappa shape index (κ1) is 11.5. The van der Waals surface area contributed by atoms with Crippen LogP contribution >= 0.6 is 12.2 Å². The van der Waals surface area contributed by atoms with Gasteiger partial charge in [0.1, 0.15) is 0 Å². The molecule has 2 atom stereocenters. The van der Waals surface area contributed by atoms with Crippen LogP contribution < -0.4 is 5.32 Å². The van der Waals surface area contributed by atoms with E-state index >= 15 is 0 Å². The molecule has 1 heterocycles. The zero-order valence-electron chi connectivity index (χ0n) is 8.82. The van der Waals surface area contributed by atoms with Gasteiger partial charge in [-0.25, -0.2) is 0 Å². The Morgan fingerprint density at radius 1 is 1.57 bits per heavy atom. The summed E-state index contributed by atoms with van der Waals surface area (Å²) < 4.78 is 5.62. The van der Waals surface area contributed by atoms with Crippen LogP contribution in [0.3, 0.4) is 0 Å². The fourth-order valence-electron chi connectivity index (χ4n) is 1.61. The van der Waals surface area contributed by atoms with Crippen molar-refractivity contribution in [3.63, 3.8) is 0 Å². The molecule has 1 saturated heterocycles. The molecule has 1 aliphatic rings. The van der Waals surface area contributed by atoms with Crippen LogP contribution in [0.15, 0.2) is 12.7 Å². The first-order valence-electron chi connectivity index (χ1n) is 4.92. The molecule has 1 rings (SSSR count). The van der Waals surface area contributed by atoms with E-state index in [9.17, 15) is 0 Å². The standard InChI is InChI=1S/C10H18N2OS/c1-4-5-11-10(14)12-6-8(2)13-9(3)7-12/h4,8-9H,1,5-7H2,2-3H3,(H,11,14). The zero-order valence-corrected chi connectivity index (χ0v) is 9.64. The predicted molar refractivity (Wildman–Crippen MR) is 62.4 cm³/mol. The average molecular weight is 214 g/mol. The Hall–Kier alpha value is -0.610. The molecule has 0 aliphatic carbocycles. The lowest BCUT2D eigenvalue weighted by Gasteiger charge is -2.36. The molecule has 80 valence electrons. The minimum absolute atomic E-state index is 0.252. The maximum atomic E-state index is 5.62. The molecule has 0 aromatic rings. The quantitative estimate of drug-likeness (QED) is 0.550. The van der Waals surface area contributed by atoms with Crippen LogP contribution in [-0.2, 0) is 4.74 Å². The van der Waals surface area contributed by atoms with E-state index < -0.39 is 0 Å². The molecule has 0 saturated carbocycles. The van der Waals surface area contributed by atoms with Crippen molar-refractivity contribution in [2.75, 3.05) is 19.6 Å². The largest absolute Gasteiger partial charge is 0.372 e. The monoisotopic (exact) mass is 214 g/mol. The van der Waals surface area contributed by atoms with Gasteiger partial charge in [-0.05, 0) is 26.1 Å². The summed E-state index contributed by atoms with van der Waals surface area (Å²) in [5.74, 6) is 0. The first-order chi connectivity index (χ1) is 6.63. The van der Waals surface area contributed by atoms with E-state index in [4.69, 9.17) is 17.0 Å². The van der Waals surface area contributed by atoms with Crippen molar-refractivity contribution < 1.29 is 4.74 Å². The van der Waals surface area contributed by atoms with E-state index in [0.29, 0.717) is 0 Å². The molecule has 2 unspecified atom stereocenters. The predicted octanol–water partition coefficient (Wildman–Crippen LogP) is 1.16. The number of morpholine rings is 1. The molecule has 0 bridgehead atoms. The van der Waals surface area contributed by atoms with Gasteiger partial charge in [0.25, 0.3) is 0 Å². The summed E-state index contributed by atoms with van der Waals surface area (Å²) in [4.78, 5) is 2.15. The number of ether oxygens (including phenoxy) is 1. The normalized spacial score (nSPS) is 27.1. The second-order valence-electron chi connectivity index (χ2n) is 3.64. The third-order valence-corrected chi connectivity index (χ3v) is 2.51. The molecule has 14 heavy (non-hydrogen) atoms. The molecular weight excluding hydrogens is 196 g/mol. The van der Waals surface area contributed by atoms with E-state index in [1.807, 2.05) is 0 Å². The Morgan fingerprint density at radius 3 is 2.64 bits per heavy atom. The lowest BCUT2D eigenvalue weighted by atomic mass is 10.2. The van der Waals surface area contributed by atoms with Crippen LogP contribution in [-0.4, -0.2) is 41.9 Å². The van der Waals surface area contributed by atoms with Crippen LogP contribution in [0.1, 0.15) is 13.8 Å². The molecule has 0 amide bonds. The van der Waals surface area contributed by atoms with Gasteiger partial charge in [-0.1, -0.05) is 6.08 Å². The van der Waals surface area contributed by atoms with Gasteiger partial charge in [0.15, 0.2) is 5.11 Å². The summed E-state index contributed by atoms with van der Waals surface area (Å²) in [5, 5.41) is 3.92. The van der Waals surface area contributed by atoms with E-state index in [2.05, 4.69) is 30.6 Å². The maximum absolute atomic E-state index is 5.62. The number of nitrogens with one attached hydrogen (secondary N) is 1. The van der Waals surface area contributed by atoms with E-state index in [1.165, 1.54) is 0 Å². The summed E-state index contributed by atoms with van der Waals surface area (Å²) in [6, 6.07) is 0. The molecule has 0 aromatic carbocycles. The molecule has 0 spiro atoms. The number of hydrogen-bond acceptors (Lipinski definition) is 2. The molecule has 3 nitrogen and oxygen atoms in total. The Morgan fingerprint density at radius 2 is 2.14 bits per heavy atom. The van der Waals surface area contributed by atoms with E-state index in [1.54, 1.807) is 6.08 Å². The van der Waals surface area contributed by atoms with E-state index in [0.717, 1.165) is 24.7 Å². The molecule has 0 aromatic heterocycles. The fraction of sp³-hybridized carbons (Fsp3) is 0.700. The third kappa shape index (κ3) is 3.27. The Balaban J connectivity index is 2.42. The maximum Gasteiger partial charge on any atom is 0.169 e. The van der Waals surface area contributed by atoms with Crippen LogP contribution in [0.25, 0.3) is 0 Å². The van der Waals surface area contributed by atoms with Gasteiger partial charge in [-0.15, -0.1) is 6.58 Å². The average Bonchev–Trinajstić information content (AvgIpc) is 2.12. The van der Waals surface area contributed by atoms with Crippen molar-refractivity contribution in [1.82, 2.24) is 10.2 Å². The second-order valence-corrected chi connectivity index (χ2v) is 4.02. The molecule has 4 heteroatoms. The lowest BCUT2D eigenvalue weighted by Crippen LogP contribution is -2.51. The minimum Gasteiger partial charge on any atom is -0.372 e. The van der Waals surface area contributed by atoms with Gasteiger partial charge in [0.2, 0.25) is 0 Å². The molecule has 0 radical (unpaired) electrons. The summed E-state index contributed by atoms with van der Waals surface area (Å²) in [6.07, 6.45) is 2.31. The minimum atomic E-state index is 0.252. The lowest BCUT2D eigenvalue weighted by molar-refractivity contribution is -0.0481. The first-order valence-corrected chi connectivity index (χ1v) is 5.33. The van der Waals surface area contributed by atoms with Gasteiger partial charge < -0.3 is 15.0 Å². The second kappa shape index (κ2) is 5.32. The highest BCUT2D eigenvalue weighted by Crippen LogP contribution is 2.10. The Labute approximate surface area is 91.1 Å². The molecular formula is C10H18N2OS. The van der Waals surface area contributed by atoms with Crippen molar-refractivity contribution in [3.8, 4) is 0 Å². The number of hydrogen-bond donors (Lipinski definition) is 1. The third-order valence-electron chi connectivity index (χ3n) is 2.10. The number of nitrogens with zero attached hydrogens (tertiary/aromatic N) is 1. The van der Waals surface area contributed by atoms with Crippen LogP contribution in [0, 0.1) is 0 Å². The van der Waals surface area contributed by atoms with Gasteiger partial charge in [0, 0.05) is 19.6 Å². The SMILES string of the molecule is C=CCNC(=S)N1CC(C)OC(C)C1. The smallest absolute Gasteiger partial charge is 0.169 e. The highest BCUT2D eigenvalue weighted by atomic mass is 32.1. The van der Waals surface area contributed by atoms with Gasteiger partial charge in [-0.3, -0.25) is 0 Å². The highest BCUT2D eigenvalue weighted by Gasteiger charge is 2.23. The van der Waals surface area contributed by atoms with Crippen molar-refractivity contribution in [1.29, 1.82) is 0 Å². The molecule has 1 N–H and O–H groups in total. The summed E-state index contributed by atoms with van der Waals surface area (Å²) >= 11 is 5.26. The van der Waals surface area contributed by atoms with Crippen LogP contribution in [0.2, 0.25) is 0 Å². The highest BCUT2D eigenvalue weighted by molar-refractivity contribution is 7.80. The topological polar surface area (TPSA) is 24.5 Å². The molecule has 1 fully saturated rings. The Kier molecular flexibility index (Phi) is 4.35. The van der Waals surface area contributed by atoms with Crippen LogP contribution in [0.5, 0.6) is 0 Å². The van der Waals surface area contributed by atoms with Crippen LogP contribution in [0.4, 0.5) is 0 Å². The van der Waals surface area contributed by atoms with Crippen molar-refractivity contribution in [2.45, 2.75) is 26.1 Å². The summed E-state index contributed by atoms with van der Waals surface area (Å²) in [5.41, 5.74) is 0. The van der Waals surface area contributed by atoms with Gasteiger partial charge >= 0.3 is 0 Å². The van der Waals surface area contributed by atoms with E-state index in [-0.39, 0.29) is 12.2 Å². The van der Waals surface area contributed by atoms with Gasteiger partial charge in [0.05, 0.1) is 12.2 Å². The fourth-order valence-corrected chi connectivity index (χ4v) is 1.85. The Bertz CT molecular complexity index is 210. The van der Waals surface area contributed by atoms with Crippen molar-refractivity contribution in [2.24, 2.45) is 0 Å². The van der Waals surface area contributed by atoms with Gasteiger partial charge in [-0.2, -0.15) is 0 Å². The van der Waals surface area contributed by atoms with Crippen molar-refractivity contribution in [3.05, 3.63) is 12.7 Å².